The number of benzene rings is 1. The Hall–Kier alpha value is -2.70. The molecule has 0 aliphatic heterocycles. The molecule has 1 fully saturated rings. The number of hydrogen-bond donors (Lipinski definition) is 2. The number of carbonyl (C=O) groups excluding carboxylic acids is 1. The van der Waals surface area contributed by atoms with E-state index in [1.807, 2.05) is 0 Å². The van der Waals surface area contributed by atoms with Crippen LogP contribution in [-0.4, -0.2) is 32.8 Å². The molecule has 2 N–H and O–H groups in total. The van der Waals surface area contributed by atoms with Crippen molar-refractivity contribution in [3.05, 3.63) is 48.0 Å². The molecule has 0 atom stereocenters. The summed E-state index contributed by atoms with van der Waals surface area (Å²) in [5.74, 6) is -2.04. The van der Waals surface area contributed by atoms with Crippen molar-refractivity contribution in [2.75, 3.05) is 0 Å². The second-order valence-corrected chi connectivity index (χ2v) is 5.27. The van der Waals surface area contributed by atoms with Gasteiger partial charge in [0, 0.05) is 12.2 Å². The maximum Gasteiger partial charge on any atom is 0.306 e. The Kier molecular flexibility index (Phi) is 3.62. The van der Waals surface area contributed by atoms with E-state index in [0.717, 1.165) is 0 Å². The molecule has 0 saturated heterocycles. The third kappa shape index (κ3) is 2.69. The first kappa shape index (κ1) is 14.2. The molecular formula is C15H14FN3O3. The highest BCUT2D eigenvalue weighted by atomic mass is 19.1. The molecule has 0 radical (unpaired) electrons. The molecule has 1 saturated carbocycles. The number of hydrogen-bond acceptors (Lipinski definition) is 3. The molecule has 22 heavy (non-hydrogen) atoms. The van der Waals surface area contributed by atoms with Gasteiger partial charge in [-0.25, -0.2) is 9.07 Å². The average Bonchev–Trinajstić information content (AvgIpc) is 2.91. The second kappa shape index (κ2) is 5.59. The van der Waals surface area contributed by atoms with Gasteiger partial charge in [0.2, 0.25) is 0 Å². The molecule has 2 aromatic rings. The Balaban J connectivity index is 1.66. The van der Waals surface area contributed by atoms with Gasteiger partial charge in [-0.2, -0.15) is 5.10 Å². The maximum atomic E-state index is 13.7. The lowest BCUT2D eigenvalue weighted by Gasteiger charge is -2.32. The third-order valence-electron chi connectivity index (χ3n) is 3.74. The fourth-order valence-corrected chi connectivity index (χ4v) is 2.41. The molecule has 0 unspecified atom stereocenters. The fourth-order valence-electron chi connectivity index (χ4n) is 2.41. The van der Waals surface area contributed by atoms with Crippen LogP contribution in [0.5, 0.6) is 0 Å². The highest BCUT2D eigenvalue weighted by Crippen LogP contribution is 2.27. The van der Waals surface area contributed by atoms with Crippen LogP contribution in [0.3, 0.4) is 0 Å². The Labute approximate surface area is 125 Å². The lowest BCUT2D eigenvalue weighted by atomic mass is 9.80. The van der Waals surface area contributed by atoms with Crippen molar-refractivity contribution in [2.24, 2.45) is 5.92 Å². The number of para-hydroxylation sites is 1. The molecule has 1 aromatic carbocycles. The number of nitrogens with zero attached hydrogens (tertiary/aromatic N) is 2. The van der Waals surface area contributed by atoms with Crippen LogP contribution in [0.2, 0.25) is 0 Å². The van der Waals surface area contributed by atoms with Gasteiger partial charge in [0.1, 0.15) is 11.5 Å². The molecule has 1 aliphatic carbocycles. The van der Waals surface area contributed by atoms with E-state index in [0.29, 0.717) is 12.8 Å². The van der Waals surface area contributed by atoms with E-state index in [2.05, 4.69) is 10.4 Å². The van der Waals surface area contributed by atoms with Gasteiger partial charge in [0.05, 0.1) is 5.92 Å². The zero-order valence-electron chi connectivity index (χ0n) is 11.6. The predicted octanol–water partition coefficient (Wildman–Crippen LogP) is 1.60. The van der Waals surface area contributed by atoms with E-state index in [9.17, 15) is 14.0 Å². The van der Waals surface area contributed by atoms with E-state index < -0.39 is 11.8 Å². The van der Waals surface area contributed by atoms with E-state index in [4.69, 9.17) is 5.11 Å². The van der Waals surface area contributed by atoms with Crippen LogP contribution in [0, 0.1) is 11.7 Å². The Morgan fingerprint density at radius 1 is 1.27 bits per heavy atom. The largest absolute Gasteiger partial charge is 0.481 e. The quantitative estimate of drug-likeness (QED) is 0.898. The second-order valence-electron chi connectivity index (χ2n) is 5.27. The van der Waals surface area contributed by atoms with Crippen molar-refractivity contribution in [2.45, 2.75) is 18.9 Å². The average molecular weight is 303 g/mol. The minimum Gasteiger partial charge on any atom is -0.481 e. The van der Waals surface area contributed by atoms with Crippen molar-refractivity contribution < 1.29 is 19.1 Å². The summed E-state index contributed by atoms with van der Waals surface area (Å²) in [5, 5.41) is 15.6. The first-order valence-electron chi connectivity index (χ1n) is 6.89. The summed E-state index contributed by atoms with van der Waals surface area (Å²) in [6.45, 7) is 0. The zero-order valence-corrected chi connectivity index (χ0v) is 11.6. The highest BCUT2D eigenvalue weighted by molar-refractivity contribution is 5.92. The lowest BCUT2D eigenvalue weighted by Crippen LogP contribution is -2.46. The molecule has 0 bridgehead atoms. The molecule has 3 rings (SSSR count). The van der Waals surface area contributed by atoms with Gasteiger partial charge in [-0.1, -0.05) is 12.1 Å². The van der Waals surface area contributed by atoms with Crippen molar-refractivity contribution in [3.8, 4) is 5.69 Å². The number of rotatable bonds is 4. The number of aromatic nitrogens is 2. The molecule has 6 nitrogen and oxygen atoms in total. The molecule has 1 heterocycles. The van der Waals surface area contributed by atoms with Crippen LogP contribution in [-0.2, 0) is 4.79 Å². The van der Waals surface area contributed by atoms with Gasteiger partial charge in [-0.3, -0.25) is 9.59 Å². The normalized spacial score (nSPS) is 20.2. The Morgan fingerprint density at radius 3 is 2.68 bits per heavy atom. The third-order valence-corrected chi connectivity index (χ3v) is 3.74. The van der Waals surface area contributed by atoms with Gasteiger partial charge in [0.25, 0.3) is 5.91 Å². The summed E-state index contributed by atoms with van der Waals surface area (Å²) < 4.78 is 15.0. The minimum atomic E-state index is -0.839. The zero-order chi connectivity index (χ0) is 15.7. The number of carboxylic acid groups (broad SMARTS) is 1. The molecule has 0 spiro atoms. The molecule has 1 aromatic heterocycles. The fraction of sp³-hybridized carbons (Fsp3) is 0.267. The number of nitrogens with one attached hydrogen (secondary N) is 1. The van der Waals surface area contributed by atoms with Crippen LogP contribution >= 0.6 is 0 Å². The summed E-state index contributed by atoms with van der Waals surface area (Å²) in [6.07, 6.45) is 2.36. The number of aliphatic carboxylic acids is 1. The standard InChI is InChI=1S/C15H14FN3O3/c16-11-3-1-2-4-13(11)19-6-5-12(18-19)14(20)17-10-7-9(8-10)15(21)22/h1-6,9-10H,7-8H2,(H,17,20)(H,21,22). The van der Waals surface area contributed by atoms with Crippen LogP contribution in [0.15, 0.2) is 36.5 Å². The maximum absolute atomic E-state index is 13.7. The number of halogens is 1. The number of carboxylic acids is 1. The van der Waals surface area contributed by atoms with Crippen LogP contribution in [0.25, 0.3) is 5.69 Å². The van der Waals surface area contributed by atoms with Gasteiger partial charge >= 0.3 is 5.97 Å². The summed E-state index contributed by atoms with van der Waals surface area (Å²) in [5.41, 5.74) is 0.429. The van der Waals surface area contributed by atoms with Crippen molar-refractivity contribution in [1.29, 1.82) is 0 Å². The smallest absolute Gasteiger partial charge is 0.306 e. The Bertz CT molecular complexity index is 722. The van der Waals surface area contributed by atoms with Crippen molar-refractivity contribution >= 4 is 11.9 Å². The van der Waals surface area contributed by atoms with E-state index in [-0.39, 0.29) is 29.2 Å². The molecule has 7 heteroatoms. The summed E-state index contributed by atoms with van der Waals surface area (Å²) >= 11 is 0. The van der Waals surface area contributed by atoms with Crippen LogP contribution in [0.4, 0.5) is 4.39 Å². The van der Waals surface area contributed by atoms with E-state index in [1.54, 1.807) is 18.2 Å². The van der Waals surface area contributed by atoms with E-state index in [1.165, 1.54) is 23.0 Å². The summed E-state index contributed by atoms with van der Waals surface area (Å²) in [6, 6.07) is 7.48. The minimum absolute atomic E-state index is 0.146. The van der Waals surface area contributed by atoms with Crippen LogP contribution < -0.4 is 5.32 Å². The first-order chi connectivity index (χ1) is 10.5. The van der Waals surface area contributed by atoms with Gasteiger partial charge in [0.15, 0.2) is 5.69 Å². The number of carbonyl (C=O) groups is 2. The van der Waals surface area contributed by atoms with Gasteiger partial charge < -0.3 is 10.4 Å². The van der Waals surface area contributed by atoms with E-state index >= 15 is 0 Å². The highest BCUT2D eigenvalue weighted by Gasteiger charge is 2.35. The molecule has 1 amide bonds. The monoisotopic (exact) mass is 303 g/mol. The Morgan fingerprint density at radius 2 is 2.00 bits per heavy atom. The lowest BCUT2D eigenvalue weighted by molar-refractivity contribution is -0.145. The van der Waals surface area contributed by atoms with Crippen molar-refractivity contribution in [3.63, 3.8) is 0 Å². The summed E-state index contributed by atoms with van der Waals surface area (Å²) in [7, 11) is 0. The molecule has 1 aliphatic rings. The first-order valence-corrected chi connectivity index (χ1v) is 6.89. The van der Waals surface area contributed by atoms with Gasteiger partial charge in [-0.15, -0.1) is 0 Å². The number of amides is 1. The van der Waals surface area contributed by atoms with Crippen molar-refractivity contribution in [1.82, 2.24) is 15.1 Å². The topological polar surface area (TPSA) is 84.2 Å². The van der Waals surface area contributed by atoms with Crippen LogP contribution in [0.1, 0.15) is 23.3 Å². The predicted molar refractivity (Wildman–Crippen MR) is 75.1 cm³/mol. The molecule has 114 valence electrons. The summed E-state index contributed by atoms with van der Waals surface area (Å²) in [4.78, 5) is 22.7. The van der Waals surface area contributed by atoms with Gasteiger partial charge in [-0.05, 0) is 31.0 Å². The molecular weight excluding hydrogens is 289 g/mol. The SMILES string of the molecule is O=C(NC1CC(C(=O)O)C1)c1ccn(-c2ccccc2F)n1.